The van der Waals surface area contributed by atoms with Gasteiger partial charge in [0.25, 0.3) is 0 Å². The van der Waals surface area contributed by atoms with Gasteiger partial charge in [-0.3, -0.25) is 4.90 Å². The molecule has 0 bridgehead atoms. The number of nitrogens with zero attached hydrogens (tertiary/aromatic N) is 4. The van der Waals surface area contributed by atoms with Crippen molar-refractivity contribution in [3.8, 4) is 0 Å². The Morgan fingerprint density at radius 3 is 2.68 bits per heavy atom. The lowest BCUT2D eigenvalue weighted by atomic mass is 10.1. The molecule has 0 aliphatic carbocycles. The van der Waals surface area contributed by atoms with Crippen molar-refractivity contribution in [2.45, 2.75) is 25.1 Å². The van der Waals surface area contributed by atoms with Crippen molar-refractivity contribution >= 4 is 5.97 Å². The van der Waals surface area contributed by atoms with E-state index in [0.29, 0.717) is 19.6 Å². The highest BCUT2D eigenvalue weighted by Gasteiger charge is 2.31. The number of alkyl halides is 3. The summed E-state index contributed by atoms with van der Waals surface area (Å²) in [5.41, 5.74) is -0.129. The van der Waals surface area contributed by atoms with Crippen molar-refractivity contribution in [1.29, 1.82) is 0 Å². The second-order valence-electron chi connectivity index (χ2n) is 4.52. The van der Waals surface area contributed by atoms with Crippen molar-refractivity contribution in [3.05, 3.63) is 11.9 Å². The van der Waals surface area contributed by atoms with E-state index in [0.717, 1.165) is 0 Å². The van der Waals surface area contributed by atoms with Gasteiger partial charge in [0.05, 0.1) is 12.2 Å². The van der Waals surface area contributed by atoms with Crippen LogP contribution in [0.25, 0.3) is 0 Å². The van der Waals surface area contributed by atoms with E-state index in [1.54, 1.807) is 0 Å². The highest BCUT2D eigenvalue weighted by atomic mass is 19.4. The van der Waals surface area contributed by atoms with Crippen LogP contribution in [0.4, 0.5) is 13.2 Å². The number of halogens is 3. The molecule has 1 N–H and O–H groups in total. The minimum atomic E-state index is -4.10. The normalized spacial score (nSPS) is 17.4. The largest absolute Gasteiger partial charge is 0.476 e. The maximum Gasteiger partial charge on any atom is 0.389 e. The average molecular weight is 278 g/mol. The zero-order valence-corrected chi connectivity index (χ0v) is 9.97. The molecular weight excluding hydrogens is 265 g/mol. The minimum absolute atomic E-state index is 0.00788. The summed E-state index contributed by atoms with van der Waals surface area (Å²) in [6.45, 7) is 1.52. The van der Waals surface area contributed by atoms with Crippen LogP contribution in [0.15, 0.2) is 6.20 Å². The Bertz CT molecular complexity index is 454. The van der Waals surface area contributed by atoms with Crippen LogP contribution in [0.2, 0.25) is 0 Å². The Morgan fingerprint density at radius 2 is 2.16 bits per heavy atom. The first-order valence-electron chi connectivity index (χ1n) is 5.79. The zero-order chi connectivity index (χ0) is 14.0. The Morgan fingerprint density at radius 1 is 1.47 bits per heavy atom. The SMILES string of the molecule is O=C(O)c1cn(C2CN(CCCC(F)(F)F)C2)nn1. The molecule has 0 spiro atoms. The van der Waals surface area contributed by atoms with Crippen molar-refractivity contribution in [2.24, 2.45) is 0 Å². The van der Waals surface area contributed by atoms with Crippen molar-refractivity contribution in [2.75, 3.05) is 19.6 Å². The summed E-state index contributed by atoms with van der Waals surface area (Å²) in [5.74, 6) is -1.15. The smallest absolute Gasteiger partial charge is 0.389 e. The van der Waals surface area contributed by atoms with Gasteiger partial charge in [-0.2, -0.15) is 13.2 Å². The lowest BCUT2D eigenvalue weighted by Gasteiger charge is -2.38. The summed E-state index contributed by atoms with van der Waals surface area (Å²) in [6, 6.07) is -0.00788. The highest BCUT2D eigenvalue weighted by molar-refractivity contribution is 5.84. The van der Waals surface area contributed by atoms with E-state index in [4.69, 9.17) is 5.11 Å². The van der Waals surface area contributed by atoms with Crippen LogP contribution in [0.1, 0.15) is 29.4 Å². The second kappa shape index (κ2) is 5.16. The first-order chi connectivity index (χ1) is 8.85. The van der Waals surface area contributed by atoms with Gasteiger partial charge >= 0.3 is 12.1 Å². The molecule has 0 amide bonds. The van der Waals surface area contributed by atoms with E-state index in [1.165, 1.54) is 10.9 Å². The van der Waals surface area contributed by atoms with Crippen molar-refractivity contribution in [1.82, 2.24) is 19.9 Å². The van der Waals surface area contributed by atoms with Gasteiger partial charge in [0, 0.05) is 19.5 Å². The van der Waals surface area contributed by atoms with Gasteiger partial charge in [-0.1, -0.05) is 5.21 Å². The summed E-state index contributed by atoms with van der Waals surface area (Å²) in [4.78, 5) is 12.5. The van der Waals surface area contributed by atoms with Crippen molar-refractivity contribution in [3.63, 3.8) is 0 Å². The maximum absolute atomic E-state index is 12.0. The molecule has 1 saturated heterocycles. The van der Waals surface area contributed by atoms with E-state index in [9.17, 15) is 18.0 Å². The number of carbonyl (C=O) groups is 1. The van der Waals surface area contributed by atoms with Gasteiger partial charge in [0.2, 0.25) is 0 Å². The molecule has 1 aromatic heterocycles. The van der Waals surface area contributed by atoms with Crippen LogP contribution < -0.4 is 0 Å². The molecular formula is C10H13F3N4O2. The van der Waals surface area contributed by atoms with E-state index in [-0.39, 0.29) is 18.2 Å². The summed E-state index contributed by atoms with van der Waals surface area (Å²) in [6.07, 6.45) is -3.47. The number of carboxylic acids is 1. The molecule has 6 nitrogen and oxygen atoms in total. The molecule has 0 radical (unpaired) electrons. The number of hydrogen-bond acceptors (Lipinski definition) is 4. The summed E-state index contributed by atoms with van der Waals surface area (Å²) in [7, 11) is 0. The van der Waals surface area contributed by atoms with Gasteiger partial charge in [-0.25, -0.2) is 9.48 Å². The number of carboxylic acid groups (broad SMARTS) is 1. The fourth-order valence-electron chi connectivity index (χ4n) is 1.95. The third-order valence-corrected chi connectivity index (χ3v) is 2.98. The quantitative estimate of drug-likeness (QED) is 0.875. The lowest BCUT2D eigenvalue weighted by Crippen LogP contribution is -2.48. The summed E-state index contributed by atoms with van der Waals surface area (Å²) in [5, 5.41) is 15.9. The maximum atomic E-state index is 12.0. The van der Waals surface area contributed by atoms with Gasteiger partial charge < -0.3 is 5.11 Å². The van der Waals surface area contributed by atoms with Crippen LogP contribution in [-0.2, 0) is 0 Å². The first kappa shape index (κ1) is 13.8. The molecule has 106 valence electrons. The number of rotatable bonds is 5. The number of aromatic carboxylic acids is 1. The average Bonchev–Trinajstić information content (AvgIpc) is 2.68. The Kier molecular flexibility index (Phi) is 3.74. The Balaban J connectivity index is 1.72. The minimum Gasteiger partial charge on any atom is -0.476 e. The first-order valence-corrected chi connectivity index (χ1v) is 5.79. The molecule has 1 fully saturated rings. The van der Waals surface area contributed by atoms with E-state index in [1.807, 2.05) is 4.90 Å². The fourth-order valence-corrected chi connectivity index (χ4v) is 1.95. The van der Waals surface area contributed by atoms with Gasteiger partial charge in [-0.05, 0) is 13.0 Å². The van der Waals surface area contributed by atoms with E-state index in [2.05, 4.69) is 10.3 Å². The topological polar surface area (TPSA) is 71.2 Å². The lowest BCUT2D eigenvalue weighted by molar-refractivity contribution is -0.136. The second-order valence-corrected chi connectivity index (χ2v) is 4.52. The van der Waals surface area contributed by atoms with Crippen molar-refractivity contribution < 1.29 is 23.1 Å². The third kappa shape index (κ3) is 3.66. The van der Waals surface area contributed by atoms with E-state index >= 15 is 0 Å². The molecule has 0 saturated carbocycles. The number of likely N-dealkylation sites (tertiary alicyclic amines) is 1. The summed E-state index contributed by atoms with van der Waals surface area (Å²) >= 11 is 0. The molecule has 1 aromatic rings. The van der Waals surface area contributed by atoms with Gasteiger partial charge in [-0.15, -0.1) is 5.10 Å². The Labute approximate surface area is 106 Å². The molecule has 0 aromatic carbocycles. The highest BCUT2D eigenvalue weighted by Crippen LogP contribution is 2.24. The standard InChI is InChI=1S/C10H13F3N4O2/c11-10(12,13)2-1-3-16-4-7(5-16)17-6-8(9(18)19)14-15-17/h6-7H,1-5H2,(H,18,19). The van der Waals surface area contributed by atoms with Gasteiger partial charge in [0.1, 0.15) is 0 Å². The number of hydrogen-bond donors (Lipinski definition) is 1. The molecule has 19 heavy (non-hydrogen) atoms. The molecule has 2 rings (SSSR count). The van der Waals surface area contributed by atoms with Crippen LogP contribution in [0.5, 0.6) is 0 Å². The predicted octanol–water partition coefficient (Wildman–Crippen LogP) is 1.18. The molecule has 9 heteroatoms. The molecule has 1 aliphatic heterocycles. The predicted molar refractivity (Wildman–Crippen MR) is 57.7 cm³/mol. The zero-order valence-electron chi connectivity index (χ0n) is 9.97. The molecule has 0 unspecified atom stereocenters. The van der Waals surface area contributed by atoms with Crippen LogP contribution in [-0.4, -0.2) is 56.8 Å². The molecule has 1 aliphatic rings. The van der Waals surface area contributed by atoms with Gasteiger partial charge in [0.15, 0.2) is 5.69 Å². The third-order valence-electron chi connectivity index (χ3n) is 2.98. The van der Waals surface area contributed by atoms with Crippen LogP contribution in [0.3, 0.4) is 0 Å². The fraction of sp³-hybridized carbons (Fsp3) is 0.700. The Hall–Kier alpha value is -1.64. The monoisotopic (exact) mass is 278 g/mol. The molecule has 2 heterocycles. The number of aromatic nitrogens is 3. The molecule has 0 atom stereocenters. The summed E-state index contributed by atoms with van der Waals surface area (Å²) < 4.78 is 37.3. The van der Waals surface area contributed by atoms with E-state index < -0.39 is 18.6 Å². The van der Waals surface area contributed by atoms with Crippen LogP contribution in [0, 0.1) is 0 Å². The van der Waals surface area contributed by atoms with Crippen LogP contribution >= 0.6 is 0 Å².